The van der Waals surface area contributed by atoms with Crippen molar-refractivity contribution in [2.45, 2.75) is 71.8 Å². The average Bonchev–Trinajstić information content (AvgIpc) is 2.70. The highest BCUT2D eigenvalue weighted by molar-refractivity contribution is 5.85. The minimum absolute atomic E-state index is 0.00182. The average molecular weight is 440 g/mol. The van der Waals surface area contributed by atoms with Gasteiger partial charge in [0.05, 0.1) is 5.56 Å². The molecule has 0 bridgehead atoms. The second-order valence-electron chi connectivity index (χ2n) is 8.90. The van der Waals surface area contributed by atoms with Gasteiger partial charge in [0, 0.05) is 18.5 Å². The molecule has 0 aliphatic carbocycles. The van der Waals surface area contributed by atoms with E-state index in [9.17, 15) is 9.59 Å². The van der Waals surface area contributed by atoms with Gasteiger partial charge in [-0.25, -0.2) is 4.79 Å². The standard InChI is InChI=1S/C26H33NO5/c1-5-6-7-9-18-15-21(31-25(30)27-13-8-10-23(28)29)24-19-14-17(2)11-12-20(19)26(3,4)32-22(24)16-18/h11-12,14-16H,5-10,13H2,1-4H3,(H,27,30)(H,28,29). The van der Waals surface area contributed by atoms with Crippen LogP contribution in [0.5, 0.6) is 11.5 Å². The van der Waals surface area contributed by atoms with Crippen molar-refractivity contribution in [1.29, 1.82) is 0 Å². The quantitative estimate of drug-likeness (QED) is 0.470. The molecule has 0 spiro atoms. The molecular formula is C26H33NO5. The molecule has 172 valence electrons. The van der Waals surface area contributed by atoms with Crippen LogP contribution in [0, 0.1) is 6.92 Å². The molecule has 1 aliphatic heterocycles. The number of ether oxygens (including phenoxy) is 2. The molecule has 0 atom stereocenters. The van der Waals surface area contributed by atoms with Crippen LogP contribution in [0.15, 0.2) is 30.3 Å². The van der Waals surface area contributed by atoms with Crippen molar-refractivity contribution in [2.24, 2.45) is 0 Å². The molecule has 6 nitrogen and oxygen atoms in total. The number of carbonyl (C=O) groups is 2. The molecule has 32 heavy (non-hydrogen) atoms. The van der Waals surface area contributed by atoms with E-state index in [4.69, 9.17) is 14.6 Å². The summed E-state index contributed by atoms with van der Waals surface area (Å²) in [6, 6.07) is 10.2. The molecule has 2 aromatic carbocycles. The minimum atomic E-state index is -0.888. The molecule has 6 heteroatoms. The summed E-state index contributed by atoms with van der Waals surface area (Å²) in [4.78, 5) is 23.2. The first-order valence-electron chi connectivity index (χ1n) is 11.4. The summed E-state index contributed by atoms with van der Waals surface area (Å²) >= 11 is 0. The second-order valence-corrected chi connectivity index (χ2v) is 8.90. The number of aliphatic carboxylic acids is 1. The summed E-state index contributed by atoms with van der Waals surface area (Å²) in [5.74, 6) is 0.295. The number of benzene rings is 2. The van der Waals surface area contributed by atoms with E-state index in [1.807, 2.05) is 26.8 Å². The van der Waals surface area contributed by atoms with Crippen LogP contribution in [0.2, 0.25) is 0 Å². The van der Waals surface area contributed by atoms with Crippen molar-refractivity contribution in [3.8, 4) is 22.6 Å². The smallest absolute Gasteiger partial charge is 0.412 e. The molecule has 3 rings (SSSR count). The van der Waals surface area contributed by atoms with E-state index in [1.54, 1.807) is 0 Å². The van der Waals surface area contributed by atoms with Crippen LogP contribution in [0.3, 0.4) is 0 Å². The molecule has 2 N–H and O–H groups in total. The number of carboxylic acids is 1. The first-order chi connectivity index (χ1) is 15.2. The van der Waals surface area contributed by atoms with E-state index in [0.717, 1.165) is 59.3 Å². The number of carbonyl (C=O) groups excluding carboxylic acids is 1. The fourth-order valence-corrected chi connectivity index (χ4v) is 4.08. The lowest BCUT2D eigenvalue weighted by Gasteiger charge is -2.36. The highest BCUT2D eigenvalue weighted by Gasteiger charge is 2.35. The Balaban J connectivity index is 1.95. The van der Waals surface area contributed by atoms with Gasteiger partial charge in [-0.2, -0.15) is 0 Å². The number of rotatable bonds is 9. The van der Waals surface area contributed by atoms with Gasteiger partial charge in [0.25, 0.3) is 0 Å². The van der Waals surface area contributed by atoms with Gasteiger partial charge < -0.3 is 19.9 Å². The third-order valence-corrected chi connectivity index (χ3v) is 5.69. The van der Waals surface area contributed by atoms with Gasteiger partial charge in [-0.05, 0) is 63.3 Å². The summed E-state index contributed by atoms with van der Waals surface area (Å²) < 4.78 is 12.2. The summed E-state index contributed by atoms with van der Waals surface area (Å²) in [5.41, 5.74) is 4.50. The molecule has 0 fully saturated rings. The van der Waals surface area contributed by atoms with Crippen LogP contribution in [-0.4, -0.2) is 23.7 Å². The number of amides is 1. The molecule has 0 radical (unpaired) electrons. The van der Waals surface area contributed by atoms with Crippen molar-refractivity contribution < 1.29 is 24.2 Å². The van der Waals surface area contributed by atoms with E-state index in [-0.39, 0.29) is 13.0 Å². The number of hydrogen-bond donors (Lipinski definition) is 2. The molecular weight excluding hydrogens is 406 g/mol. The molecule has 0 unspecified atom stereocenters. The summed E-state index contributed by atoms with van der Waals surface area (Å²) in [6.07, 6.45) is 3.94. The predicted octanol–water partition coefficient (Wildman–Crippen LogP) is 5.98. The number of nitrogens with one attached hydrogen (secondary N) is 1. The molecule has 1 aliphatic rings. The molecule has 2 aromatic rings. The lowest BCUT2D eigenvalue weighted by molar-refractivity contribution is -0.137. The molecule has 0 saturated heterocycles. The van der Waals surface area contributed by atoms with Crippen molar-refractivity contribution in [3.05, 3.63) is 47.0 Å². The zero-order valence-corrected chi connectivity index (χ0v) is 19.4. The van der Waals surface area contributed by atoms with Crippen LogP contribution in [0.25, 0.3) is 11.1 Å². The lowest BCUT2D eigenvalue weighted by Crippen LogP contribution is -2.31. The number of aryl methyl sites for hydroxylation is 2. The Morgan fingerprint density at radius 1 is 1.12 bits per heavy atom. The van der Waals surface area contributed by atoms with Crippen LogP contribution in [-0.2, 0) is 16.8 Å². The van der Waals surface area contributed by atoms with Crippen LogP contribution in [0.4, 0.5) is 4.79 Å². The Labute approximate surface area is 189 Å². The fraction of sp³-hybridized carbons (Fsp3) is 0.462. The fourth-order valence-electron chi connectivity index (χ4n) is 4.08. The van der Waals surface area contributed by atoms with E-state index >= 15 is 0 Å². The minimum Gasteiger partial charge on any atom is -0.482 e. The monoisotopic (exact) mass is 439 g/mol. The maximum Gasteiger partial charge on any atom is 0.412 e. The Kier molecular flexibility index (Phi) is 7.44. The van der Waals surface area contributed by atoms with Gasteiger partial charge >= 0.3 is 12.1 Å². The van der Waals surface area contributed by atoms with Gasteiger partial charge in [0.15, 0.2) is 0 Å². The topological polar surface area (TPSA) is 84.9 Å². The first kappa shape index (κ1) is 23.6. The summed E-state index contributed by atoms with van der Waals surface area (Å²) in [5, 5.41) is 11.4. The maximum absolute atomic E-state index is 12.5. The van der Waals surface area contributed by atoms with Crippen LogP contribution >= 0.6 is 0 Å². The molecule has 1 heterocycles. The summed E-state index contributed by atoms with van der Waals surface area (Å²) in [6.45, 7) is 8.54. The number of carboxylic acid groups (broad SMARTS) is 1. The van der Waals surface area contributed by atoms with Gasteiger partial charge in [0.1, 0.15) is 17.1 Å². The van der Waals surface area contributed by atoms with Crippen molar-refractivity contribution in [1.82, 2.24) is 5.32 Å². The Morgan fingerprint density at radius 3 is 2.62 bits per heavy atom. The number of unbranched alkanes of at least 4 members (excludes halogenated alkanes) is 2. The zero-order valence-electron chi connectivity index (χ0n) is 19.4. The van der Waals surface area contributed by atoms with Gasteiger partial charge in [0.2, 0.25) is 0 Å². The first-order valence-corrected chi connectivity index (χ1v) is 11.4. The Bertz CT molecular complexity index is 996. The maximum atomic E-state index is 12.5. The lowest BCUT2D eigenvalue weighted by atomic mass is 9.84. The zero-order chi connectivity index (χ0) is 23.3. The van der Waals surface area contributed by atoms with Crippen molar-refractivity contribution in [3.63, 3.8) is 0 Å². The van der Waals surface area contributed by atoms with E-state index < -0.39 is 17.7 Å². The number of fused-ring (bicyclic) bond motifs is 3. The predicted molar refractivity (Wildman–Crippen MR) is 124 cm³/mol. The molecule has 1 amide bonds. The third kappa shape index (κ3) is 5.61. The molecule has 0 aromatic heterocycles. The van der Waals surface area contributed by atoms with E-state index in [0.29, 0.717) is 12.2 Å². The summed E-state index contributed by atoms with van der Waals surface area (Å²) in [7, 11) is 0. The van der Waals surface area contributed by atoms with Gasteiger partial charge in [-0.1, -0.05) is 43.5 Å². The SMILES string of the molecule is CCCCCc1cc(OC(=O)NCCCC(=O)O)c2c(c1)OC(C)(C)c1ccc(C)cc1-2. The van der Waals surface area contributed by atoms with Crippen LogP contribution in [0.1, 0.15) is 69.6 Å². The van der Waals surface area contributed by atoms with Crippen LogP contribution < -0.4 is 14.8 Å². The molecule has 0 saturated carbocycles. The highest BCUT2D eigenvalue weighted by atomic mass is 16.6. The highest BCUT2D eigenvalue weighted by Crippen LogP contribution is 2.50. The largest absolute Gasteiger partial charge is 0.482 e. The van der Waals surface area contributed by atoms with Gasteiger partial charge in [-0.3, -0.25) is 4.79 Å². The van der Waals surface area contributed by atoms with Crippen molar-refractivity contribution >= 4 is 12.1 Å². The number of hydrogen-bond acceptors (Lipinski definition) is 4. The Hall–Kier alpha value is -3.02. The van der Waals surface area contributed by atoms with E-state index in [1.165, 1.54) is 0 Å². The van der Waals surface area contributed by atoms with E-state index in [2.05, 4.69) is 36.5 Å². The van der Waals surface area contributed by atoms with Gasteiger partial charge in [-0.15, -0.1) is 0 Å². The Morgan fingerprint density at radius 2 is 1.91 bits per heavy atom. The third-order valence-electron chi connectivity index (χ3n) is 5.69. The normalized spacial score (nSPS) is 13.5. The van der Waals surface area contributed by atoms with Crippen molar-refractivity contribution in [2.75, 3.05) is 6.54 Å². The second kappa shape index (κ2) is 10.1.